The molecule has 0 radical (unpaired) electrons. The second kappa shape index (κ2) is 10.0. The van der Waals surface area contributed by atoms with Crippen LogP contribution >= 0.6 is 0 Å². The number of aryl methyl sites for hydroxylation is 1. The zero-order valence-electron chi connectivity index (χ0n) is 20.3. The number of H-pyrrole nitrogens is 1. The third-order valence-corrected chi connectivity index (χ3v) is 5.98. The molecule has 0 atom stereocenters. The Morgan fingerprint density at radius 1 is 0.923 bits per heavy atom. The summed E-state index contributed by atoms with van der Waals surface area (Å²) < 4.78 is 52.5. The highest BCUT2D eigenvalue weighted by Crippen LogP contribution is 2.36. The van der Waals surface area contributed by atoms with Crippen LogP contribution in [-0.2, 0) is 11.0 Å². The molecule has 0 fully saturated rings. The molecule has 11 heteroatoms. The molecule has 1 aromatic heterocycles. The molecule has 1 aliphatic heterocycles. The lowest BCUT2D eigenvalue weighted by atomic mass is 10.1. The second-order valence-corrected chi connectivity index (χ2v) is 8.86. The van der Waals surface area contributed by atoms with E-state index in [0.717, 1.165) is 22.9 Å². The monoisotopic (exact) mass is 535 g/mol. The number of rotatable bonds is 5. The van der Waals surface area contributed by atoms with Gasteiger partial charge in [0.2, 0.25) is 0 Å². The van der Waals surface area contributed by atoms with Crippen molar-refractivity contribution in [1.29, 1.82) is 0 Å². The van der Waals surface area contributed by atoms with Gasteiger partial charge >= 0.3 is 12.2 Å². The first-order chi connectivity index (χ1) is 18.5. The van der Waals surface area contributed by atoms with Crippen LogP contribution in [0.2, 0.25) is 0 Å². The highest BCUT2D eigenvalue weighted by Gasteiger charge is 2.31. The standard InChI is InChI=1S/C28H21F4N5O2/c1-15-4-5-20(35-27(39)36-21-10-16(28(30,31)32)9-17(29)11-21)13-24(15)34-19-6-7-22-23(12-18-3-2-8-33-18)26(38)37-25(22)14-19/h2-14,33-34H,1H3,(H,37,38)(H2,35,36,39)/b23-12+. The molecule has 5 rings (SSSR count). The average Bonchev–Trinajstić information content (AvgIpc) is 3.48. The van der Waals surface area contributed by atoms with Crippen molar-refractivity contribution in [1.82, 2.24) is 4.98 Å². The van der Waals surface area contributed by atoms with E-state index >= 15 is 0 Å². The first-order valence-corrected chi connectivity index (χ1v) is 11.7. The summed E-state index contributed by atoms with van der Waals surface area (Å²) in [5.41, 5.74) is 3.70. The molecule has 5 N–H and O–H groups in total. The number of alkyl halides is 3. The van der Waals surface area contributed by atoms with Crippen molar-refractivity contribution < 1.29 is 27.2 Å². The largest absolute Gasteiger partial charge is 0.416 e. The summed E-state index contributed by atoms with van der Waals surface area (Å²) in [6.07, 6.45) is -1.22. The molecular weight excluding hydrogens is 514 g/mol. The minimum atomic E-state index is -4.76. The Labute approximate surface area is 219 Å². The number of hydrogen-bond acceptors (Lipinski definition) is 3. The number of benzene rings is 3. The fourth-order valence-electron chi connectivity index (χ4n) is 4.11. The zero-order valence-corrected chi connectivity index (χ0v) is 20.3. The molecule has 4 aromatic rings. The fraction of sp³-hybridized carbons (Fsp3) is 0.0714. The number of aromatic nitrogens is 1. The van der Waals surface area contributed by atoms with Crippen LogP contribution in [0.15, 0.2) is 72.9 Å². The third kappa shape index (κ3) is 5.77. The number of carbonyl (C=O) groups excluding carboxylic acids is 2. The predicted molar refractivity (Wildman–Crippen MR) is 142 cm³/mol. The number of carbonyl (C=O) groups is 2. The summed E-state index contributed by atoms with van der Waals surface area (Å²) in [6, 6.07) is 15.1. The molecule has 0 bridgehead atoms. The van der Waals surface area contributed by atoms with Crippen LogP contribution in [0.4, 0.5) is 50.8 Å². The van der Waals surface area contributed by atoms with Gasteiger partial charge in [-0.1, -0.05) is 12.1 Å². The molecular formula is C28H21F4N5O2. The number of anilines is 5. The Kier molecular flexibility index (Phi) is 6.57. The maximum Gasteiger partial charge on any atom is 0.416 e. The molecule has 1 aliphatic rings. The fourth-order valence-corrected chi connectivity index (χ4v) is 4.11. The molecule has 0 saturated heterocycles. The van der Waals surface area contributed by atoms with Crippen LogP contribution in [-0.4, -0.2) is 16.9 Å². The number of hydrogen-bond donors (Lipinski definition) is 5. The number of amides is 3. The van der Waals surface area contributed by atoms with E-state index in [1.54, 1.807) is 36.5 Å². The van der Waals surface area contributed by atoms with Crippen molar-refractivity contribution in [2.45, 2.75) is 13.1 Å². The zero-order chi connectivity index (χ0) is 27.7. The molecule has 0 spiro atoms. The third-order valence-electron chi connectivity index (χ3n) is 5.98. The summed E-state index contributed by atoms with van der Waals surface area (Å²) in [5.74, 6) is -1.34. The second-order valence-electron chi connectivity index (χ2n) is 8.86. The maximum absolute atomic E-state index is 13.6. The van der Waals surface area contributed by atoms with Crippen LogP contribution in [0.3, 0.4) is 0 Å². The summed E-state index contributed by atoms with van der Waals surface area (Å²) in [6.45, 7) is 1.85. The SMILES string of the molecule is Cc1ccc(NC(=O)Nc2cc(F)cc(C(F)(F)F)c2)cc1Nc1ccc2c(c1)NC(=O)/C2=C/c1ccc[nH]1. The summed E-state index contributed by atoms with van der Waals surface area (Å²) in [4.78, 5) is 28.0. The quantitative estimate of drug-likeness (QED) is 0.136. The molecule has 3 aromatic carbocycles. The molecule has 0 unspecified atom stereocenters. The summed E-state index contributed by atoms with van der Waals surface area (Å²) in [5, 5.41) is 10.9. The smallest absolute Gasteiger partial charge is 0.362 e. The highest BCUT2D eigenvalue weighted by atomic mass is 19.4. The van der Waals surface area contributed by atoms with Gasteiger partial charge < -0.3 is 26.3 Å². The van der Waals surface area contributed by atoms with Crippen LogP contribution in [0.5, 0.6) is 0 Å². The van der Waals surface area contributed by atoms with Crippen molar-refractivity contribution in [3.05, 3.63) is 101 Å². The van der Waals surface area contributed by atoms with Crippen molar-refractivity contribution >= 4 is 52.0 Å². The molecule has 7 nitrogen and oxygen atoms in total. The Morgan fingerprint density at radius 2 is 1.69 bits per heavy atom. The maximum atomic E-state index is 13.6. The lowest BCUT2D eigenvalue weighted by Gasteiger charge is -2.14. The molecule has 2 heterocycles. The lowest BCUT2D eigenvalue weighted by Crippen LogP contribution is -2.20. The van der Waals surface area contributed by atoms with E-state index in [0.29, 0.717) is 40.5 Å². The van der Waals surface area contributed by atoms with Gasteiger partial charge in [0.25, 0.3) is 5.91 Å². The minimum absolute atomic E-state index is 0.217. The highest BCUT2D eigenvalue weighted by molar-refractivity contribution is 6.35. The Morgan fingerprint density at radius 3 is 2.44 bits per heavy atom. The van der Waals surface area contributed by atoms with Crippen LogP contribution < -0.4 is 21.3 Å². The van der Waals surface area contributed by atoms with Gasteiger partial charge in [0, 0.05) is 40.2 Å². The van der Waals surface area contributed by atoms with Crippen molar-refractivity contribution in [3.8, 4) is 0 Å². The number of aromatic amines is 1. The van der Waals surface area contributed by atoms with Gasteiger partial charge in [0.15, 0.2) is 0 Å². The number of halogens is 4. The van der Waals surface area contributed by atoms with Crippen molar-refractivity contribution in [2.75, 3.05) is 21.3 Å². The number of nitrogens with one attached hydrogen (secondary N) is 5. The first kappa shape index (κ1) is 25.6. The van der Waals surface area contributed by atoms with E-state index < -0.39 is 23.6 Å². The summed E-state index contributed by atoms with van der Waals surface area (Å²) >= 11 is 0. The van der Waals surface area contributed by atoms with E-state index in [1.165, 1.54) is 0 Å². The molecule has 39 heavy (non-hydrogen) atoms. The van der Waals surface area contributed by atoms with E-state index in [-0.39, 0.29) is 11.6 Å². The van der Waals surface area contributed by atoms with Gasteiger partial charge in [-0.2, -0.15) is 13.2 Å². The summed E-state index contributed by atoms with van der Waals surface area (Å²) in [7, 11) is 0. The van der Waals surface area contributed by atoms with E-state index in [1.807, 2.05) is 31.2 Å². The number of fused-ring (bicyclic) bond motifs is 1. The van der Waals surface area contributed by atoms with E-state index in [9.17, 15) is 27.2 Å². The van der Waals surface area contributed by atoms with Crippen molar-refractivity contribution in [3.63, 3.8) is 0 Å². The molecule has 0 saturated carbocycles. The molecule has 198 valence electrons. The van der Waals surface area contributed by atoms with Crippen LogP contribution in [0.1, 0.15) is 22.4 Å². The van der Waals surface area contributed by atoms with Crippen LogP contribution in [0, 0.1) is 12.7 Å². The normalized spacial score (nSPS) is 13.7. The predicted octanol–water partition coefficient (Wildman–Crippen LogP) is 7.36. The van der Waals surface area contributed by atoms with Crippen molar-refractivity contribution in [2.24, 2.45) is 0 Å². The average molecular weight is 536 g/mol. The topological polar surface area (TPSA) is 98.0 Å². The van der Waals surface area contributed by atoms with Gasteiger partial charge in [-0.15, -0.1) is 0 Å². The minimum Gasteiger partial charge on any atom is -0.362 e. The van der Waals surface area contributed by atoms with Gasteiger partial charge in [-0.05, 0) is 73.2 Å². The number of urea groups is 1. The Bertz CT molecular complexity index is 1610. The van der Waals surface area contributed by atoms with Gasteiger partial charge in [-0.25, -0.2) is 9.18 Å². The van der Waals surface area contributed by atoms with Gasteiger partial charge in [0.1, 0.15) is 5.82 Å². The van der Waals surface area contributed by atoms with Gasteiger partial charge in [0.05, 0.1) is 16.8 Å². The first-order valence-electron chi connectivity index (χ1n) is 11.7. The Balaban J connectivity index is 1.30. The lowest BCUT2D eigenvalue weighted by molar-refractivity contribution is -0.137. The molecule has 3 amide bonds. The Hall–Kier alpha value is -5.06. The van der Waals surface area contributed by atoms with E-state index in [4.69, 9.17) is 0 Å². The molecule has 0 aliphatic carbocycles. The van der Waals surface area contributed by atoms with Gasteiger partial charge in [-0.3, -0.25) is 4.79 Å². The van der Waals surface area contributed by atoms with Crippen LogP contribution in [0.25, 0.3) is 11.6 Å². The van der Waals surface area contributed by atoms with E-state index in [2.05, 4.69) is 26.3 Å².